The third-order valence-electron chi connectivity index (χ3n) is 4.78. The van der Waals surface area contributed by atoms with Gasteiger partial charge in [0.25, 0.3) is 0 Å². The lowest BCUT2D eigenvalue weighted by molar-refractivity contribution is 0.0773. The van der Waals surface area contributed by atoms with Crippen molar-refractivity contribution in [3.05, 3.63) is 34.9 Å². The molecule has 0 radical (unpaired) electrons. The first kappa shape index (κ1) is 14.3. The van der Waals surface area contributed by atoms with Crippen molar-refractivity contribution in [2.75, 3.05) is 6.54 Å². The van der Waals surface area contributed by atoms with Crippen molar-refractivity contribution in [3.63, 3.8) is 0 Å². The molecule has 104 valence electrons. The van der Waals surface area contributed by atoms with Crippen LogP contribution < -0.4 is 5.73 Å². The molecule has 1 aromatic rings. The fraction of sp³-hybridized carbons (Fsp3) is 0.588. The van der Waals surface area contributed by atoms with Gasteiger partial charge in [-0.2, -0.15) is 0 Å². The van der Waals surface area contributed by atoms with Crippen molar-refractivity contribution >= 4 is 5.78 Å². The number of carbonyl (C=O) groups is 1. The highest BCUT2D eigenvalue weighted by Crippen LogP contribution is 2.38. The second-order valence-electron chi connectivity index (χ2n) is 5.98. The third-order valence-corrected chi connectivity index (χ3v) is 4.78. The summed E-state index contributed by atoms with van der Waals surface area (Å²) >= 11 is 0. The smallest absolute Gasteiger partial charge is 0.170 e. The van der Waals surface area contributed by atoms with E-state index in [1.807, 2.05) is 19.1 Å². The number of Topliss-reactive ketones (excluding diaryl/α,β-unsaturated/α-hetero) is 1. The molecule has 1 aromatic carbocycles. The zero-order valence-corrected chi connectivity index (χ0v) is 12.2. The van der Waals surface area contributed by atoms with Crippen LogP contribution in [0.5, 0.6) is 0 Å². The van der Waals surface area contributed by atoms with E-state index in [9.17, 15) is 4.79 Å². The molecule has 0 aromatic heterocycles. The van der Waals surface area contributed by atoms with E-state index in [1.165, 1.54) is 18.4 Å². The molecular weight excluding hydrogens is 234 g/mol. The molecule has 2 heteroatoms. The van der Waals surface area contributed by atoms with Crippen LogP contribution in [-0.2, 0) is 0 Å². The molecule has 0 spiro atoms. The van der Waals surface area contributed by atoms with Gasteiger partial charge in [0.1, 0.15) is 0 Å². The number of benzene rings is 1. The molecule has 0 aliphatic heterocycles. The molecule has 0 heterocycles. The maximum atomic E-state index is 13.0. The predicted molar refractivity (Wildman–Crippen MR) is 79.4 cm³/mol. The second kappa shape index (κ2) is 5.87. The molecule has 1 aliphatic carbocycles. The Hall–Kier alpha value is -1.15. The summed E-state index contributed by atoms with van der Waals surface area (Å²) in [6, 6.07) is 6.01. The van der Waals surface area contributed by atoms with Gasteiger partial charge >= 0.3 is 0 Å². The van der Waals surface area contributed by atoms with Crippen LogP contribution in [0.4, 0.5) is 0 Å². The first-order valence-corrected chi connectivity index (χ1v) is 7.42. The van der Waals surface area contributed by atoms with Crippen LogP contribution in [0.3, 0.4) is 0 Å². The molecular formula is C17H25NO. The van der Waals surface area contributed by atoms with E-state index in [0.717, 1.165) is 36.8 Å². The lowest BCUT2D eigenvalue weighted by atomic mass is 9.73. The summed E-state index contributed by atoms with van der Waals surface area (Å²) in [6.07, 6.45) is 6.65. The predicted octanol–water partition coefficient (Wildman–Crippen LogP) is 3.79. The Bertz CT molecular complexity index is 456. The van der Waals surface area contributed by atoms with Gasteiger partial charge in [0.05, 0.1) is 0 Å². The van der Waals surface area contributed by atoms with Crippen molar-refractivity contribution in [1.82, 2.24) is 0 Å². The Labute approximate surface area is 116 Å². The summed E-state index contributed by atoms with van der Waals surface area (Å²) in [6.45, 7) is 4.59. The van der Waals surface area contributed by atoms with E-state index in [4.69, 9.17) is 5.73 Å². The van der Waals surface area contributed by atoms with Gasteiger partial charge in [-0.15, -0.1) is 0 Å². The van der Waals surface area contributed by atoms with E-state index in [1.54, 1.807) is 0 Å². The van der Waals surface area contributed by atoms with E-state index >= 15 is 0 Å². The number of hydrogen-bond donors (Lipinski definition) is 1. The number of hydrogen-bond acceptors (Lipinski definition) is 2. The van der Waals surface area contributed by atoms with Gasteiger partial charge in [-0.05, 0) is 37.8 Å². The summed E-state index contributed by atoms with van der Waals surface area (Å²) < 4.78 is 0. The van der Waals surface area contributed by atoms with Crippen molar-refractivity contribution < 1.29 is 4.79 Å². The van der Waals surface area contributed by atoms with Gasteiger partial charge in [-0.3, -0.25) is 4.79 Å². The molecule has 2 N–H and O–H groups in total. The molecule has 1 saturated carbocycles. The SMILES string of the molecule is Cc1cccc(C(=O)C2(CN)CCCCCC2)c1C. The topological polar surface area (TPSA) is 43.1 Å². The normalized spacial score (nSPS) is 18.9. The zero-order chi connectivity index (χ0) is 13.9. The Morgan fingerprint density at radius 2 is 1.79 bits per heavy atom. The van der Waals surface area contributed by atoms with E-state index in [-0.39, 0.29) is 11.2 Å². The van der Waals surface area contributed by atoms with Gasteiger partial charge in [0.2, 0.25) is 0 Å². The molecule has 0 atom stereocenters. The van der Waals surface area contributed by atoms with Gasteiger partial charge in [-0.25, -0.2) is 0 Å². The number of rotatable bonds is 3. The minimum Gasteiger partial charge on any atom is -0.329 e. The average molecular weight is 259 g/mol. The third kappa shape index (κ3) is 2.74. The first-order chi connectivity index (χ1) is 9.10. The first-order valence-electron chi connectivity index (χ1n) is 7.42. The average Bonchev–Trinajstić information content (AvgIpc) is 2.67. The molecule has 0 unspecified atom stereocenters. The summed E-state index contributed by atoms with van der Waals surface area (Å²) in [5.74, 6) is 0.276. The van der Waals surface area contributed by atoms with Crippen molar-refractivity contribution in [2.45, 2.75) is 52.4 Å². The van der Waals surface area contributed by atoms with Gasteiger partial charge in [0, 0.05) is 17.5 Å². The Morgan fingerprint density at radius 1 is 1.16 bits per heavy atom. The second-order valence-corrected chi connectivity index (χ2v) is 5.98. The van der Waals surface area contributed by atoms with Crippen LogP contribution in [-0.4, -0.2) is 12.3 Å². The Morgan fingerprint density at radius 3 is 2.37 bits per heavy atom. The van der Waals surface area contributed by atoms with Crippen LogP contribution >= 0.6 is 0 Å². The highest BCUT2D eigenvalue weighted by molar-refractivity contribution is 6.02. The molecule has 2 rings (SSSR count). The fourth-order valence-corrected chi connectivity index (χ4v) is 3.21. The Kier molecular flexibility index (Phi) is 4.41. The van der Waals surface area contributed by atoms with Crippen molar-refractivity contribution in [2.24, 2.45) is 11.1 Å². The summed E-state index contributed by atoms with van der Waals surface area (Å²) in [4.78, 5) is 13.0. The standard InChI is InChI=1S/C17H25NO/c1-13-8-7-9-15(14(13)2)16(19)17(12-18)10-5-3-4-6-11-17/h7-9H,3-6,10-12,18H2,1-2H3. The van der Waals surface area contributed by atoms with Crippen LogP contribution in [0.2, 0.25) is 0 Å². The Balaban J connectivity index is 2.37. The van der Waals surface area contributed by atoms with Crippen LogP contribution in [0.15, 0.2) is 18.2 Å². The lowest BCUT2D eigenvalue weighted by Gasteiger charge is -2.30. The lowest BCUT2D eigenvalue weighted by Crippen LogP contribution is -2.38. The monoisotopic (exact) mass is 259 g/mol. The highest BCUT2D eigenvalue weighted by atomic mass is 16.1. The van der Waals surface area contributed by atoms with Crippen molar-refractivity contribution in [3.8, 4) is 0 Å². The summed E-state index contributed by atoms with van der Waals surface area (Å²) in [5, 5.41) is 0. The molecule has 0 bridgehead atoms. The number of nitrogens with two attached hydrogens (primary N) is 1. The summed E-state index contributed by atoms with van der Waals surface area (Å²) in [5.41, 5.74) is 8.89. The van der Waals surface area contributed by atoms with Gasteiger partial charge < -0.3 is 5.73 Å². The quantitative estimate of drug-likeness (QED) is 0.663. The van der Waals surface area contributed by atoms with E-state index in [2.05, 4.69) is 13.0 Å². The molecule has 1 fully saturated rings. The molecule has 19 heavy (non-hydrogen) atoms. The van der Waals surface area contributed by atoms with Crippen LogP contribution in [0.1, 0.15) is 60.0 Å². The van der Waals surface area contributed by atoms with Crippen LogP contribution in [0.25, 0.3) is 0 Å². The molecule has 2 nitrogen and oxygen atoms in total. The zero-order valence-electron chi connectivity index (χ0n) is 12.2. The number of ketones is 1. The number of carbonyl (C=O) groups excluding carboxylic acids is 1. The molecule has 0 saturated heterocycles. The number of aryl methyl sites for hydroxylation is 1. The van der Waals surface area contributed by atoms with E-state index < -0.39 is 0 Å². The molecule has 1 aliphatic rings. The summed E-state index contributed by atoms with van der Waals surface area (Å²) in [7, 11) is 0. The van der Waals surface area contributed by atoms with E-state index in [0.29, 0.717) is 6.54 Å². The van der Waals surface area contributed by atoms with Crippen LogP contribution in [0, 0.1) is 19.3 Å². The fourth-order valence-electron chi connectivity index (χ4n) is 3.21. The minimum absolute atomic E-state index is 0.276. The van der Waals surface area contributed by atoms with Gasteiger partial charge in [0.15, 0.2) is 5.78 Å². The minimum atomic E-state index is -0.310. The largest absolute Gasteiger partial charge is 0.329 e. The maximum Gasteiger partial charge on any atom is 0.170 e. The van der Waals surface area contributed by atoms with Gasteiger partial charge in [-0.1, -0.05) is 43.9 Å². The van der Waals surface area contributed by atoms with Crippen molar-refractivity contribution in [1.29, 1.82) is 0 Å². The maximum absolute atomic E-state index is 13.0. The molecule has 0 amide bonds. The highest BCUT2D eigenvalue weighted by Gasteiger charge is 2.38.